The second-order valence-corrected chi connectivity index (χ2v) is 4.89. The smallest absolute Gasteiger partial charge is 0.320 e. The number of primary amides is 1. The number of aliphatic carboxylic acids is 1. The van der Waals surface area contributed by atoms with Crippen molar-refractivity contribution < 1.29 is 19.5 Å². The molecule has 1 aliphatic heterocycles. The third kappa shape index (κ3) is 4.76. The number of hydrogen-bond acceptors (Lipinski definition) is 3. The van der Waals surface area contributed by atoms with Crippen molar-refractivity contribution in [2.45, 2.75) is 26.2 Å². The van der Waals surface area contributed by atoms with Gasteiger partial charge in [-0.15, -0.1) is 0 Å². The largest absolute Gasteiger partial charge is 0.481 e. The first kappa shape index (κ1) is 15.3. The van der Waals surface area contributed by atoms with Crippen LogP contribution in [0.2, 0.25) is 0 Å². The van der Waals surface area contributed by atoms with Crippen LogP contribution in [0.4, 0.5) is 4.79 Å². The van der Waals surface area contributed by atoms with E-state index in [0.29, 0.717) is 19.6 Å². The van der Waals surface area contributed by atoms with E-state index in [9.17, 15) is 14.4 Å². The number of amides is 3. The van der Waals surface area contributed by atoms with E-state index < -0.39 is 11.9 Å². The Morgan fingerprint density at radius 1 is 1.37 bits per heavy atom. The Hall–Kier alpha value is -1.79. The summed E-state index contributed by atoms with van der Waals surface area (Å²) in [5.74, 6) is -1.37. The highest BCUT2D eigenvalue weighted by Gasteiger charge is 2.34. The second-order valence-electron chi connectivity index (χ2n) is 4.89. The lowest BCUT2D eigenvalue weighted by molar-refractivity contribution is -0.139. The summed E-state index contributed by atoms with van der Waals surface area (Å²) in [6.07, 6.45) is 1.81. The minimum atomic E-state index is -0.850. The Bertz CT molecular complexity index is 353. The van der Waals surface area contributed by atoms with Crippen LogP contribution in [0.15, 0.2) is 0 Å². The van der Waals surface area contributed by atoms with E-state index >= 15 is 0 Å². The van der Waals surface area contributed by atoms with Crippen molar-refractivity contribution in [3.8, 4) is 0 Å². The van der Waals surface area contributed by atoms with Gasteiger partial charge in [-0.1, -0.05) is 13.3 Å². The summed E-state index contributed by atoms with van der Waals surface area (Å²) in [5, 5.41) is 8.64. The van der Waals surface area contributed by atoms with Gasteiger partial charge in [0.1, 0.15) is 6.54 Å². The average molecular weight is 271 g/mol. The van der Waals surface area contributed by atoms with Gasteiger partial charge in [0.25, 0.3) is 0 Å². The van der Waals surface area contributed by atoms with Crippen LogP contribution in [0.1, 0.15) is 26.2 Å². The summed E-state index contributed by atoms with van der Waals surface area (Å²) in [6, 6.07) is -0.228. The van der Waals surface area contributed by atoms with E-state index in [1.807, 2.05) is 6.92 Å². The highest BCUT2D eigenvalue weighted by Crippen LogP contribution is 2.20. The Balaban J connectivity index is 2.44. The van der Waals surface area contributed by atoms with Gasteiger partial charge >= 0.3 is 12.0 Å². The molecule has 3 N–H and O–H groups in total. The number of urea groups is 1. The van der Waals surface area contributed by atoms with Crippen LogP contribution in [-0.4, -0.2) is 59.0 Å². The van der Waals surface area contributed by atoms with Crippen LogP contribution in [-0.2, 0) is 9.59 Å². The van der Waals surface area contributed by atoms with Gasteiger partial charge in [0.05, 0.1) is 6.42 Å². The van der Waals surface area contributed by atoms with Crippen molar-refractivity contribution >= 4 is 17.9 Å². The lowest BCUT2D eigenvalue weighted by Gasteiger charge is -2.41. The summed E-state index contributed by atoms with van der Waals surface area (Å²) < 4.78 is 0. The van der Waals surface area contributed by atoms with Gasteiger partial charge in [-0.05, 0) is 6.42 Å². The molecule has 0 spiro atoms. The van der Waals surface area contributed by atoms with Crippen LogP contribution in [0.5, 0.6) is 0 Å². The molecule has 7 heteroatoms. The van der Waals surface area contributed by atoms with Gasteiger partial charge in [0, 0.05) is 25.6 Å². The van der Waals surface area contributed by atoms with Crippen molar-refractivity contribution in [1.29, 1.82) is 0 Å². The first-order valence-corrected chi connectivity index (χ1v) is 6.48. The Kier molecular flexibility index (Phi) is 5.59. The summed E-state index contributed by atoms with van der Waals surface area (Å²) in [4.78, 5) is 36.6. The number of unbranched alkanes of at least 4 members (excludes halogenated alkanes) is 1. The molecular formula is C12H21N3O4. The molecule has 7 nitrogen and oxygen atoms in total. The fourth-order valence-corrected chi connectivity index (χ4v) is 2.08. The highest BCUT2D eigenvalue weighted by molar-refractivity contribution is 5.83. The molecular weight excluding hydrogens is 250 g/mol. The third-order valence-electron chi connectivity index (χ3n) is 3.09. The molecule has 0 aromatic carbocycles. The molecule has 1 aliphatic rings. The number of likely N-dealkylation sites (tertiary alicyclic amines) is 1. The zero-order valence-corrected chi connectivity index (χ0v) is 11.2. The molecule has 0 aliphatic carbocycles. The molecule has 3 amide bonds. The average Bonchev–Trinajstić information content (AvgIpc) is 2.27. The molecule has 1 saturated heterocycles. The number of carbonyl (C=O) groups excluding carboxylic acids is 2. The van der Waals surface area contributed by atoms with E-state index in [0.717, 1.165) is 12.8 Å². The predicted molar refractivity (Wildman–Crippen MR) is 68.4 cm³/mol. The monoisotopic (exact) mass is 271 g/mol. The van der Waals surface area contributed by atoms with Crippen molar-refractivity contribution in [2.75, 3.05) is 26.2 Å². The van der Waals surface area contributed by atoms with E-state index in [1.165, 1.54) is 4.90 Å². The lowest BCUT2D eigenvalue weighted by Crippen LogP contribution is -2.56. The summed E-state index contributed by atoms with van der Waals surface area (Å²) in [6.45, 7) is 3.29. The molecule has 0 atom stereocenters. The number of carbonyl (C=O) groups is 3. The van der Waals surface area contributed by atoms with Gasteiger partial charge in [-0.3, -0.25) is 9.59 Å². The molecule has 0 aromatic rings. The molecule has 0 radical (unpaired) electrons. The zero-order valence-electron chi connectivity index (χ0n) is 11.2. The number of rotatable bonds is 7. The van der Waals surface area contributed by atoms with Gasteiger partial charge in [0.15, 0.2) is 0 Å². The fourth-order valence-electron chi connectivity index (χ4n) is 2.08. The summed E-state index contributed by atoms with van der Waals surface area (Å²) >= 11 is 0. The molecule has 1 heterocycles. The first-order valence-electron chi connectivity index (χ1n) is 6.48. The number of carboxylic acid groups (broad SMARTS) is 1. The molecule has 19 heavy (non-hydrogen) atoms. The van der Waals surface area contributed by atoms with E-state index in [2.05, 4.69) is 0 Å². The van der Waals surface area contributed by atoms with Crippen LogP contribution in [0.3, 0.4) is 0 Å². The molecule has 0 aromatic heterocycles. The molecule has 1 fully saturated rings. The van der Waals surface area contributed by atoms with Gasteiger partial charge in [0.2, 0.25) is 5.91 Å². The molecule has 0 bridgehead atoms. The quantitative estimate of drug-likeness (QED) is 0.685. The van der Waals surface area contributed by atoms with Gasteiger partial charge in [-0.25, -0.2) is 4.79 Å². The third-order valence-corrected chi connectivity index (χ3v) is 3.09. The standard InChI is InChI=1S/C12H21N3O4/c1-2-3-4-14(8-10(13)16)12(19)15-6-9(7-15)5-11(17)18/h9H,2-8H2,1H3,(H2,13,16)(H,17,18). The fraction of sp³-hybridized carbons (Fsp3) is 0.750. The number of nitrogens with two attached hydrogens (primary N) is 1. The van der Waals surface area contributed by atoms with Crippen molar-refractivity contribution in [3.05, 3.63) is 0 Å². The van der Waals surface area contributed by atoms with Crippen LogP contribution in [0.25, 0.3) is 0 Å². The Labute approximate surface area is 112 Å². The minimum Gasteiger partial charge on any atom is -0.481 e. The topological polar surface area (TPSA) is 104 Å². The van der Waals surface area contributed by atoms with Crippen LogP contribution < -0.4 is 5.73 Å². The number of nitrogens with zero attached hydrogens (tertiary/aromatic N) is 2. The van der Waals surface area contributed by atoms with Crippen molar-refractivity contribution in [1.82, 2.24) is 9.80 Å². The maximum atomic E-state index is 12.1. The molecule has 108 valence electrons. The van der Waals surface area contributed by atoms with E-state index in [1.54, 1.807) is 4.90 Å². The minimum absolute atomic E-state index is 0.0167. The summed E-state index contributed by atoms with van der Waals surface area (Å²) in [5.41, 5.74) is 5.13. The number of carboxylic acids is 1. The SMILES string of the molecule is CCCCN(CC(N)=O)C(=O)N1CC(CC(=O)O)C1. The summed E-state index contributed by atoms with van der Waals surface area (Å²) in [7, 11) is 0. The van der Waals surface area contributed by atoms with Gasteiger partial charge in [-0.2, -0.15) is 0 Å². The van der Waals surface area contributed by atoms with Crippen LogP contribution >= 0.6 is 0 Å². The van der Waals surface area contributed by atoms with Crippen molar-refractivity contribution in [2.24, 2.45) is 11.7 Å². The second kappa shape index (κ2) is 6.96. The van der Waals surface area contributed by atoms with E-state index in [-0.39, 0.29) is 24.9 Å². The zero-order chi connectivity index (χ0) is 14.4. The van der Waals surface area contributed by atoms with Crippen molar-refractivity contribution in [3.63, 3.8) is 0 Å². The number of hydrogen-bond donors (Lipinski definition) is 2. The maximum absolute atomic E-state index is 12.1. The lowest BCUT2D eigenvalue weighted by atomic mass is 9.97. The van der Waals surface area contributed by atoms with Crippen LogP contribution in [0, 0.1) is 5.92 Å². The van der Waals surface area contributed by atoms with E-state index in [4.69, 9.17) is 10.8 Å². The molecule has 1 rings (SSSR count). The predicted octanol–water partition coefficient (Wildman–Crippen LogP) is 0.100. The van der Waals surface area contributed by atoms with Gasteiger partial charge < -0.3 is 20.6 Å². The normalized spacial score (nSPS) is 14.9. The highest BCUT2D eigenvalue weighted by atomic mass is 16.4. The first-order chi connectivity index (χ1) is 8.93. The maximum Gasteiger partial charge on any atom is 0.320 e. The Morgan fingerprint density at radius 3 is 2.47 bits per heavy atom. The molecule has 0 saturated carbocycles. The molecule has 0 unspecified atom stereocenters. The Morgan fingerprint density at radius 2 is 2.00 bits per heavy atom.